The van der Waals surface area contributed by atoms with Crippen LogP contribution >= 0.6 is 24.0 Å². The highest BCUT2D eigenvalue weighted by atomic mass is 127. The van der Waals surface area contributed by atoms with Crippen LogP contribution in [0.1, 0.15) is 18.9 Å². The maximum Gasteiger partial charge on any atom is 0.193 e. The molecule has 0 spiro atoms. The zero-order valence-corrected chi connectivity index (χ0v) is 20.8. The normalized spacial score (nSPS) is 10.7. The molecular weight excluding hydrogens is 491 g/mol. The lowest BCUT2D eigenvalue weighted by molar-refractivity contribution is 0.354. The number of anilines is 1. The molecule has 0 saturated carbocycles. The molecule has 0 aliphatic heterocycles. The van der Waals surface area contributed by atoms with Crippen LogP contribution in [0, 0.1) is 0 Å². The van der Waals surface area contributed by atoms with Crippen molar-refractivity contribution in [3.8, 4) is 11.5 Å². The number of aliphatic imine (C=N–C) groups is 1. The van der Waals surface area contributed by atoms with Crippen LogP contribution in [0.2, 0.25) is 0 Å². The number of halogens is 1. The summed E-state index contributed by atoms with van der Waals surface area (Å²) < 4.78 is 10.7. The highest BCUT2D eigenvalue weighted by Gasteiger charge is 2.08. The predicted molar refractivity (Wildman–Crippen MR) is 137 cm³/mol. The van der Waals surface area contributed by atoms with Gasteiger partial charge >= 0.3 is 0 Å². The van der Waals surface area contributed by atoms with Gasteiger partial charge in [0, 0.05) is 38.9 Å². The summed E-state index contributed by atoms with van der Waals surface area (Å²) >= 11 is 0. The molecule has 6 nitrogen and oxygen atoms in total. The Morgan fingerprint density at radius 2 is 1.77 bits per heavy atom. The van der Waals surface area contributed by atoms with E-state index in [1.54, 1.807) is 14.2 Å². The van der Waals surface area contributed by atoms with Gasteiger partial charge in [-0.25, -0.2) is 0 Å². The summed E-state index contributed by atoms with van der Waals surface area (Å²) in [4.78, 5) is 6.94. The van der Waals surface area contributed by atoms with Gasteiger partial charge in [0.15, 0.2) is 17.5 Å². The van der Waals surface area contributed by atoms with E-state index in [1.165, 1.54) is 5.56 Å². The Bertz CT molecular complexity index is 756. The quantitative estimate of drug-likeness (QED) is 0.198. The molecule has 0 unspecified atom stereocenters. The third-order valence-electron chi connectivity index (χ3n) is 4.58. The summed E-state index contributed by atoms with van der Waals surface area (Å²) in [5.41, 5.74) is 2.35. The molecule has 7 heteroatoms. The zero-order chi connectivity index (χ0) is 20.9. The van der Waals surface area contributed by atoms with E-state index in [0.717, 1.165) is 62.2 Å². The van der Waals surface area contributed by atoms with E-state index in [-0.39, 0.29) is 24.0 Å². The van der Waals surface area contributed by atoms with Crippen LogP contribution in [0.25, 0.3) is 0 Å². The van der Waals surface area contributed by atoms with Crippen molar-refractivity contribution in [2.45, 2.75) is 19.8 Å². The molecule has 0 heterocycles. The number of benzene rings is 2. The first-order valence-corrected chi connectivity index (χ1v) is 10.2. The molecule has 0 aliphatic rings. The average molecular weight is 526 g/mol. The smallest absolute Gasteiger partial charge is 0.193 e. The molecule has 0 saturated heterocycles. The van der Waals surface area contributed by atoms with Crippen molar-refractivity contribution in [3.63, 3.8) is 0 Å². The molecule has 2 aromatic rings. The molecule has 0 aliphatic carbocycles. The van der Waals surface area contributed by atoms with Crippen molar-refractivity contribution in [1.29, 1.82) is 0 Å². The van der Waals surface area contributed by atoms with Crippen LogP contribution in [-0.2, 0) is 6.42 Å². The number of rotatable bonds is 11. The van der Waals surface area contributed by atoms with Gasteiger partial charge < -0.3 is 25.0 Å². The zero-order valence-electron chi connectivity index (χ0n) is 18.5. The second-order valence-corrected chi connectivity index (χ2v) is 6.74. The summed E-state index contributed by atoms with van der Waals surface area (Å²) in [6.45, 7) is 5.49. The van der Waals surface area contributed by atoms with Crippen LogP contribution in [0.5, 0.6) is 11.5 Å². The number of nitrogens with zero attached hydrogens (tertiary/aromatic N) is 2. The number of guanidine groups is 1. The van der Waals surface area contributed by atoms with Crippen LogP contribution in [0.3, 0.4) is 0 Å². The minimum Gasteiger partial charge on any atom is -0.493 e. The largest absolute Gasteiger partial charge is 0.493 e. The lowest BCUT2D eigenvalue weighted by Crippen LogP contribution is -2.40. The van der Waals surface area contributed by atoms with Gasteiger partial charge in [-0.15, -0.1) is 24.0 Å². The average Bonchev–Trinajstić information content (AvgIpc) is 2.76. The maximum absolute atomic E-state index is 5.40. The SMILES string of the molecule is CCNC(=NCCCNc1ccccc1)N(C)CCc1ccc(OC)c(OC)c1.I. The fourth-order valence-electron chi connectivity index (χ4n) is 2.96. The minimum absolute atomic E-state index is 0. The molecule has 2 N–H and O–H groups in total. The molecule has 2 aromatic carbocycles. The van der Waals surface area contributed by atoms with Crippen molar-refractivity contribution in [2.75, 3.05) is 52.8 Å². The molecule has 2 rings (SSSR count). The van der Waals surface area contributed by atoms with Crippen molar-refractivity contribution in [3.05, 3.63) is 54.1 Å². The fourth-order valence-corrected chi connectivity index (χ4v) is 2.96. The van der Waals surface area contributed by atoms with Crippen molar-refractivity contribution >= 4 is 35.6 Å². The van der Waals surface area contributed by atoms with Gasteiger partial charge in [-0.3, -0.25) is 4.99 Å². The van der Waals surface area contributed by atoms with Gasteiger partial charge in [0.1, 0.15) is 0 Å². The first kappa shape index (κ1) is 25.9. The van der Waals surface area contributed by atoms with Crippen LogP contribution in [0.15, 0.2) is 53.5 Å². The lowest BCUT2D eigenvalue weighted by atomic mass is 10.1. The summed E-state index contributed by atoms with van der Waals surface area (Å²) in [6, 6.07) is 16.3. The molecule has 0 bridgehead atoms. The van der Waals surface area contributed by atoms with Gasteiger partial charge in [-0.2, -0.15) is 0 Å². The summed E-state index contributed by atoms with van der Waals surface area (Å²) in [6.07, 6.45) is 1.88. The van der Waals surface area contributed by atoms with Crippen molar-refractivity contribution < 1.29 is 9.47 Å². The van der Waals surface area contributed by atoms with E-state index in [2.05, 4.69) is 47.7 Å². The molecule has 166 valence electrons. The first-order chi connectivity index (χ1) is 14.2. The Labute approximate surface area is 198 Å². The van der Waals surface area contributed by atoms with Gasteiger partial charge in [0.05, 0.1) is 14.2 Å². The molecule has 0 fully saturated rings. The Morgan fingerprint density at radius 1 is 1.03 bits per heavy atom. The van der Waals surface area contributed by atoms with Crippen molar-refractivity contribution in [1.82, 2.24) is 10.2 Å². The number of hydrogen-bond donors (Lipinski definition) is 2. The van der Waals surface area contributed by atoms with E-state index < -0.39 is 0 Å². The predicted octanol–water partition coefficient (Wildman–Crippen LogP) is 4.26. The van der Waals surface area contributed by atoms with Crippen LogP contribution in [-0.4, -0.2) is 58.3 Å². The second-order valence-electron chi connectivity index (χ2n) is 6.74. The van der Waals surface area contributed by atoms with E-state index in [4.69, 9.17) is 14.5 Å². The minimum atomic E-state index is 0. The molecular formula is C23H35IN4O2. The van der Waals surface area contributed by atoms with Gasteiger partial charge in [-0.1, -0.05) is 24.3 Å². The number of likely N-dealkylation sites (N-methyl/N-ethyl adjacent to an activating group) is 1. The fraction of sp³-hybridized carbons (Fsp3) is 0.435. The van der Waals surface area contributed by atoms with Gasteiger partial charge in [-0.05, 0) is 49.6 Å². The van der Waals surface area contributed by atoms with E-state index in [1.807, 2.05) is 30.3 Å². The van der Waals surface area contributed by atoms with E-state index >= 15 is 0 Å². The Kier molecular flexibility index (Phi) is 12.7. The molecule has 0 atom stereocenters. The maximum atomic E-state index is 5.40. The third-order valence-corrected chi connectivity index (χ3v) is 4.58. The lowest BCUT2D eigenvalue weighted by Gasteiger charge is -2.22. The molecule has 30 heavy (non-hydrogen) atoms. The highest BCUT2D eigenvalue weighted by molar-refractivity contribution is 14.0. The second kappa shape index (κ2) is 14.8. The number of para-hydroxylation sites is 1. The van der Waals surface area contributed by atoms with Gasteiger partial charge in [0.2, 0.25) is 0 Å². The highest BCUT2D eigenvalue weighted by Crippen LogP contribution is 2.27. The third kappa shape index (κ3) is 8.69. The Hall–Kier alpha value is -2.16. The number of methoxy groups -OCH3 is 2. The van der Waals surface area contributed by atoms with Gasteiger partial charge in [0.25, 0.3) is 0 Å². The van der Waals surface area contributed by atoms with E-state index in [9.17, 15) is 0 Å². The number of hydrogen-bond acceptors (Lipinski definition) is 4. The number of nitrogens with one attached hydrogen (secondary N) is 2. The molecule has 0 amide bonds. The first-order valence-electron chi connectivity index (χ1n) is 10.2. The summed E-state index contributed by atoms with van der Waals surface area (Å²) in [5.74, 6) is 2.45. The summed E-state index contributed by atoms with van der Waals surface area (Å²) in [5, 5.41) is 6.80. The van der Waals surface area contributed by atoms with Crippen LogP contribution in [0.4, 0.5) is 5.69 Å². The van der Waals surface area contributed by atoms with E-state index in [0.29, 0.717) is 0 Å². The number of ether oxygens (including phenoxy) is 2. The van der Waals surface area contributed by atoms with Crippen molar-refractivity contribution in [2.24, 2.45) is 4.99 Å². The Morgan fingerprint density at radius 3 is 2.43 bits per heavy atom. The standard InChI is InChI=1S/C23H34N4O2.HI/c1-5-24-23(26-16-9-15-25-20-10-7-6-8-11-20)27(2)17-14-19-12-13-21(28-3)22(18-19)29-4;/h6-8,10-13,18,25H,5,9,14-17H2,1-4H3,(H,24,26);1H. The summed E-state index contributed by atoms with van der Waals surface area (Å²) in [7, 11) is 5.39. The topological polar surface area (TPSA) is 58.1 Å². The van der Waals surface area contributed by atoms with Crippen LogP contribution < -0.4 is 20.1 Å². The molecule has 0 aromatic heterocycles. The monoisotopic (exact) mass is 526 g/mol. The Balaban J connectivity index is 0.00000450. The molecule has 0 radical (unpaired) electrons.